The average Bonchev–Trinajstić information content (AvgIpc) is 2.75. The van der Waals surface area contributed by atoms with Gasteiger partial charge >= 0.3 is 24.1 Å². The van der Waals surface area contributed by atoms with Crippen LogP contribution in [0.25, 0.3) is 0 Å². The third-order valence-corrected chi connectivity index (χ3v) is 5.00. The molecule has 0 atom stereocenters. The van der Waals surface area contributed by atoms with Crippen LogP contribution in [0.3, 0.4) is 0 Å². The average molecular weight is 489 g/mol. The summed E-state index contributed by atoms with van der Waals surface area (Å²) in [6.07, 6.45) is 5.05. The van der Waals surface area contributed by atoms with E-state index in [4.69, 9.17) is 22.9 Å². The van der Waals surface area contributed by atoms with Crippen LogP contribution in [0.1, 0.15) is 38.5 Å². The van der Waals surface area contributed by atoms with Crippen LogP contribution in [0.4, 0.5) is 19.2 Å². The summed E-state index contributed by atoms with van der Waals surface area (Å²) >= 11 is 0. The minimum Gasteiger partial charge on any atom is -0.352 e. The van der Waals surface area contributed by atoms with Gasteiger partial charge in [0.25, 0.3) is 0 Å². The number of urea groups is 4. The van der Waals surface area contributed by atoms with Gasteiger partial charge in [-0.25, -0.2) is 19.2 Å². The summed E-state index contributed by atoms with van der Waals surface area (Å²) in [6, 6.07) is -2.13. The highest BCUT2D eigenvalue weighted by molar-refractivity contribution is 5.72. The quantitative estimate of drug-likeness (QED) is 0.0906. The lowest BCUT2D eigenvalue weighted by Crippen LogP contribution is -2.36. The van der Waals surface area contributed by atoms with Crippen molar-refractivity contribution < 1.29 is 19.2 Å². The molecule has 0 heterocycles. The van der Waals surface area contributed by atoms with Gasteiger partial charge in [0, 0.05) is 26.2 Å². The van der Waals surface area contributed by atoms with Gasteiger partial charge in [-0.3, -0.25) is 0 Å². The molecule has 8 amide bonds. The van der Waals surface area contributed by atoms with Crippen molar-refractivity contribution in [3.63, 3.8) is 0 Å². The normalized spacial score (nSPS) is 10.8. The summed E-state index contributed by atoms with van der Waals surface area (Å²) in [4.78, 5) is 47.9. The highest BCUT2D eigenvalue weighted by Crippen LogP contribution is 2.03. The van der Waals surface area contributed by atoms with E-state index in [0.29, 0.717) is 26.2 Å². The van der Waals surface area contributed by atoms with Crippen LogP contribution in [0.5, 0.6) is 0 Å². The molecule has 0 fully saturated rings. The fourth-order valence-electron chi connectivity index (χ4n) is 3.40. The maximum Gasteiger partial charge on any atom is 0.312 e. The summed E-state index contributed by atoms with van der Waals surface area (Å²) < 4.78 is 0. The SMILES string of the molecule is NC(=O)NCCCN(CCCCN(CCCNC(N)=O)CCCNC(N)=O)CCCNC(N)=O. The molecule has 0 aliphatic heterocycles. The Bertz CT molecular complexity index is 500. The zero-order valence-corrected chi connectivity index (χ0v) is 20.2. The Kier molecular flexibility index (Phi) is 18.8. The van der Waals surface area contributed by atoms with Gasteiger partial charge in [-0.05, 0) is 77.8 Å². The Morgan fingerprint density at radius 1 is 0.412 bits per heavy atom. The molecular formula is C20H44N10O4. The first-order valence-electron chi connectivity index (χ1n) is 11.8. The van der Waals surface area contributed by atoms with Gasteiger partial charge in [0.15, 0.2) is 0 Å². The van der Waals surface area contributed by atoms with Crippen LogP contribution < -0.4 is 44.2 Å². The van der Waals surface area contributed by atoms with Crippen LogP contribution in [0.2, 0.25) is 0 Å². The maximum absolute atomic E-state index is 10.8. The largest absolute Gasteiger partial charge is 0.352 e. The Morgan fingerprint density at radius 2 is 0.618 bits per heavy atom. The second-order valence-corrected chi connectivity index (χ2v) is 7.97. The van der Waals surface area contributed by atoms with Crippen molar-refractivity contribution in [2.75, 3.05) is 65.4 Å². The first-order chi connectivity index (χ1) is 16.2. The summed E-state index contributed by atoms with van der Waals surface area (Å²) in [5.74, 6) is 0. The lowest BCUT2D eigenvalue weighted by atomic mass is 10.2. The molecule has 0 aliphatic carbocycles. The van der Waals surface area contributed by atoms with Crippen LogP contribution in [-0.4, -0.2) is 99.4 Å². The highest BCUT2D eigenvalue weighted by atomic mass is 16.2. The fraction of sp³-hybridized carbons (Fsp3) is 0.800. The second kappa shape index (κ2) is 20.6. The summed E-state index contributed by atoms with van der Waals surface area (Å²) in [5, 5.41) is 10.4. The molecule has 198 valence electrons. The van der Waals surface area contributed by atoms with Gasteiger partial charge < -0.3 is 54.0 Å². The van der Waals surface area contributed by atoms with Gasteiger partial charge in [-0.2, -0.15) is 0 Å². The molecule has 14 nitrogen and oxygen atoms in total. The monoisotopic (exact) mass is 488 g/mol. The first kappa shape index (κ1) is 31.0. The minimum atomic E-state index is -0.533. The number of nitrogens with one attached hydrogen (secondary N) is 4. The number of primary amides is 4. The van der Waals surface area contributed by atoms with Crippen LogP contribution in [-0.2, 0) is 0 Å². The predicted octanol–water partition coefficient (Wildman–Crippen LogP) is -1.40. The number of amides is 8. The Balaban J connectivity index is 4.43. The maximum atomic E-state index is 10.8. The van der Waals surface area contributed by atoms with Crippen LogP contribution >= 0.6 is 0 Å². The lowest BCUT2D eigenvalue weighted by molar-refractivity contribution is 0.227. The van der Waals surface area contributed by atoms with E-state index < -0.39 is 24.1 Å². The summed E-state index contributed by atoms with van der Waals surface area (Å²) in [5.41, 5.74) is 20.4. The summed E-state index contributed by atoms with van der Waals surface area (Å²) in [7, 11) is 0. The molecule has 0 aromatic rings. The van der Waals surface area contributed by atoms with Crippen molar-refractivity contribution in [3.05, 3.63) is 0 Å². The number of unbranched alkanes of at least 4 members (excludes halogenated alkanes) is 1. The van der Waals surface area contributed by atoms with E-state index in [-0.39, 0.29) is 0 Å². The number of nitrogens with zero attached hydrogens (tertiary/aromatic N) is 2. The van der Waals surface area contributed by atoms with Crippen molar-refractivity contribution in [1.82, 2.24) is 31.1 Å². The minimum absolute atomic E-state index is 0.512. The zero-order valence-electron chi connectivity index (χ0n) is 20.2. The Morgan fingerprint density at radius 3 is 0.824 bits per heavy atom. The van der Waals surface area contributed by atoms with Gasteiger partial charge in [0.05, 0.1) is 0 Å². The number of nitrogens with two attached hydrogens (primary N) is 4. The van der Waals surface area contributed by atoms with Gasteiger partial charge in [0.1, 0.15) is 0 Å². The molecule has 0 unspecified atom stereocenters. The smallest absolute Gasteiger partial charge is 0.312 e. The second-order valence-electron chi connectivity index (χ2n) is 7.97. The van der Waals surface area contributed by atoms with Gasteiger partial charge in [-0.1, -0.05) is 0 Å². The van der Waals surface area contributed by atoms with Crippen molar-refractivity contribution in [2.45, 2.75) is 38.5 Å². The van der Waals surface area contributed by atoms with Crippen molar-refractivity contribution >= 4 is 24.1 Å². The standard InChI is InChI=1S/C20H44N10O4/c21-17(31)25-7-3-13-29(14-4-8-26-18(22)32)11-1-2-12-30(15-5-9-27-19(23)33)16-6-10-28-20(24)34/h1-16H2,(H3,21,25,31)(H3,22,26,32)(H3,23,27,33)(H3,24,28,34). The Hall–Kier alpha value is -3.00. The number of rotatable bonds is 21. The predicted molar refractivity (Wildman–Crippen MR) is 131 cm³/mol. The highest BCUT2D eigenvalue weighted by Gasteiger charge is 2.08. The molecule has 0 bridgehead atoms. The molecule has 0 radical (unpaired) electrons. The van der Waals surface area contributed by atoms with Crippen LogP contribution in [0.15, 0.2) is 0 Å². The third kappa shape index (κ3) is 22.2. The molecule has 0 aromatic carbocycles. The molecule has 0 aromatic heterocycles. The molecule has 0 saturated carbocycles. The molecule has 0 aliphatic rings. The molecule has 14 heteroatoms. The molecule has 0 saturated heterocycles. The summed E-state index contributed by atoms with van der Waals surface area (Å²) in [6.45, 7) is 7.03. The number of carbonyl (C=O) groups is 4. The van der Waals surface area contributed by atoms with Crippen molar-refractivity contribution in [3.8, 4) is 0 Å². The number of carbonyl (C=O) groups excluding carboxylic acids is 4. The molecule has 0 spiro atoms. The van der Waals surface area contributed by atoms with E-state index in [1.54, 1.807) is 0 Å². The first-order valence-corrected chi connectivity index (χ1v) is 11.8. The molecular weight excluding hydrogens is 444 g/mol. The zero-order chi connectivity index (χ0) is 25.6. The van der Waals surface area contributed by atoms with Gasteiger partial charge in [-0.15, -0.1) is 0 Å². The van der Waals surface area contributed by atoms with Crippen molar-refractivity contribution in [1.29, 1.82) is 0 Å². The number of hydrogen-bond donors (Lipinski definition) is 8. The molecule has 0 rings (SSSR count). The number of hydrogen-bond acceptors (Lipinski definition) is 6. The molecule has 12 N–H and O–H groups in total. The lowest BCUT2D eigenvalue weighted by Gasteiger charge is -2.25. The van der Waals surface area contributed by atoms with E-state index in [2.05, 4.69) is 31.1 Å². The van der Waals surface area contributed by atoms with E-state index in [9.17, 15) is 19.2 Å². The third-order valence-electron chi connectivity index (χ3n) is 5.00. The fourth-order valence-corrected chi connectivity index (χ4v) is 3.40. The topological polar surface area (TPSA) is 227 Å². The van der Waals surface area contributed by atoms with Crippen molar-refractivity contribution in [2.24, 2.45) is 22.9 Å². The van der Waals surface area contributed by atoms with E-state index in [0.717, 1.165) is 77.8 Å². The van der Waals surface area contributed by atoms with E-state index in [1.807, 2.05) is 0 Å². The molecule has 34 heavy (non-hydrogen) atoms. The van der Waals surface area contributed by atoms with Gasteiger partial charge in [0.2, 0.25) is 0 Å². The Labute approximate surface area is 201 Å². The van der Waals surface area contributed by atoms with E-state index in [1.165, 1.54) is 0 Å². The van der Waals surface area contributed by atoms with Crippen LogP contribution in [0, 0.1) is 0 Å². The van der Waals surface area contributed by atoms with E-state index >= 15 is 0 Å².